The summed E-state index contributed by atoms with van der Waals surface area (Å²) >= 11 is 0. The number of hydrogen-bond donors (Lipinski definition) is 7. The quantitative estimate of drug-likeness (QED) is 0.274. The van der Waals surface area contributed by atoms with Gasteiger partial charge in [0.15, 0.2) is 0 Å². The van der Waals surface area contributed by atoms with E-state index in [2.05, 4.69) is 0 Å². The zero-order chi connectivity index (χ0) is 17.3. The van der Waals surface area contributed by atoms with Crippen LogP contribution >= 0.6 is 0 Å². The molecule has 0 aromatic rings. The second-order valence-corrected chi connectivity index (χ2v) is 6.31. The minimum absolute atomic E-state index is 0.0301. The van der Waals surface area contributed by atoms with E-state index < -0.39 is 74.1 Å². The molecule has 2 aliphatic rings. The maximum Gasteiger partial charge on any atom is 0.111 e. The van der Waals surface area contributed by atoms with Crippen LogP contribution in [0.1, 0.15) is 13.3 Å². The average molecular weight is 338 g/mol. The first-order chi connectivity index (χ1) is 10.8. The topological polar surface area (TPSA) is 160 Å². The normalized spacial score (nSPS) is 51.7. The van der Waals surface area contributed by atoms with Crippen molar-refractivity contribution in [3.05, 3.63) is 0 Å². The molecule has 9 heteroatoms. The largest absolute Gasteiger partial charge is 0.394 e. The van der Waals surface area contributed by atoms with Crippen LogP contribution in [0.4, 0.5) is 0 Å². The van der Waals surface area contributed by atoms with Gasteiger partial charge in [0.2, 0.25) is 0 Å². The third-order valence-electron chi connectivity index (χ3n) is 4.81. The Morgan fingerprint density at radius 1 is 0.652 bits per heavy atom. The van der Waals surface area contributed by atoms with Crippen molar-refractivity contribution in [3.63, 3.8) is 0 Å². The fraction of sp³-hybridized carbons (Fsp3) is 1.00. The monoisotopic (exact) mass is 338 g/mol. The molecule has 6 unspecified atom stereocenters. The molecule has 9 nitrogen and oxygen atoms in total. The molecule has 136 valence electrons. The van der Waals surface area contributed by atoms with E-state index in [1.165, 1.54) is 0 Å². The molecule has 0 aliphatic carbocycles. The Morgan fingerprint density at radius 3 is 1.78 bits per heavy atom. The predicted octanol–water partition coefficient (Wildman–Crippen LogP) is -3.66. The van der Waals surface area contributed by atoms with Crippen LogP contribution in [0.2, 0.25) is 0 Å². The lowest BCUT2D eigenvalue weighted by atomic mass is 9.80. The molecule has 0 saturated carbocycles. The van der Waals surface area contributed by atoms with E-state index >= 15 is 0 Å². The Kier molecular flexibility index (Phi) is 6.34. The summed E-state index contributed by atoms with van der Waals surface area (Å²) in [5.74, 6) is -0.743. The fourth-order valence-corrected chi connectivity index (χ4v) is 3.32. The molecule has 2 saturated heterocycles. The van der Waals surface area contributed by atoms with Gasteiger partial charge >= 0.3 is 0 Å². The third-order valence-corrected chi connectivity index (χ3v) is 4.81. The molecule has 10 atom stereocenters. The second-order valence-electron chi connectivity index (χ2n) is 6.31. The molecule has 2 rings (SSSR count). The van der Waals surface area contributed by atoms with Crippen LogP contribution in [0.3, 0.4) is 0 Å². The molecule has 0 bridgehead atoms. The van der Waals surface area contributed by atoms with E-state index in [9.17, 15) is 35.7 Å². The van der Waals surface area contributed by atoms with Crippen molar-refractivity contribution in [1.29, 1.82) is 0 Å². The highest BCUT2D eigenvalue weighted by molar-refractivity contribution is 4.97. The van der Waals surface area contributed by atoms with Gasteiger partial charge in [-0.1, -0.05) is 0 Å². The van der Waals surface area contributed by atoms with Crippen molar-refractivity contribution in [2.24, 2.45) is 5.92 Å². The molecule has 2 fully saturated rings. The Labute approximate surface area is 133 Å². The van der Waals surface area contributed by atoms with Crippen LogP contribution in [0.15, 0.2) is 0 Å². The molecule has 2 aliphatic heterocycles. The number of hydrogen-bond acceptors (Lipinski definition) is 9. The first-order valence-corrected chi connectivity index (χ1v) is 7.74. The van der Waals surface area contributed by atoms with Crippen LogP contribution in [0, 0.1) is 5.92 Å². The summed E-state index contributed by atoms with van der Waals surface area (Å²) in [4.78, 5) is 0. The number of ether oxygens (including phenoxy) is 2. The van der Waals surface area contributed by atoms with E-state index in [1.54, 1.807) is 6.92 Å². The molecular weight excluding hydrogens is 312 g/mol. The molecule has 7 N–H and O–H groups in total. The SMILES string of the molecule is C[C@@H]1OC(CO)[C@@H](C[C@H]2OC(CO)[C@@H](O)C(O)C2O)C(O)C1O. The maximum atomic E-state index is 10.2. The van der Waals surface area contributed by atoms with E-state index in [4.69, 9.17) is 9.47 Å². The predicted molar refractivity (Wildman–Crippen MR) is 75.3 cm³/mol. The number of aliphatic hydroxyl groups is 7. The minimum Gasteiger partial charge on any atom is -0.394 e. The Hall–Kier alpha value is -0.360. The Balaban J connectivity index is 2.11. The van der Waals surface area contributed by atoms with Crippen molar-refractivity contribution in [1.82, 2.24) is 0 Å². The summed E-state index contributed by atoms with van der Waals surface area (Å²) < 4.78 is 10.8. The lowest BCUT2D eigenvalue weighted by molar-refractivity contribution is -0.250. The third kappa shape index (κ3) is 3.68. The summed E-state index contributed by atoms with van der Waals surface area (Å²) in [6.07, 6.45) is -10.3. The Bertz CT molecular complexity index is 377. The van der Waals surface area contributed by atoms with Crippen molar-refractivity contribution < 1.29 is 45.2 Å². The number of rotatable bonds is 4. The summed E-state index contributed by atoms with van der Waals surface area (Å²) in [6.45, 7) is 0.630. The minimum atomic E-state index is -1.51. The summed E-state index contributed by atoms with van der Waals surface area (Å²) in [5, 5.41) is 68.4. The molecule has 0 spiro atoms. The van der Waals surface area contributed by atoms with Gasteiger partial charge in [-0.15, -0.1) is 0 Å². The van der Waals surface area contributed by atoms with Crippen molar-refractivity contribution in [2.75, 3.05) is 13.2 Å². The van der Waals surface area contributed by atoms with Gasteiger partial charge in [-0.3, -0.25) is 0 Å². The molecule has 0 radical (unpaired) electrons. The van der Waals surface area contributed by atoms with Crippen LogP contribution < -0.4 is 0 Å². The van der Waals surface area contributed by atoms with E-state index in [0.717, 1.165) is 0 Å². The molecule has 0 aromatic heterocycles. The molecule has 0 amide bonds. The highest BCUT2D eigenvalue weighted by atomic mass is 16.5. The summed E-state index contributed by atoms with van der Waals surface area (Å²) in [6, 6.07) is 0. The average Bonchev–Trinajstić information content (AvgIpc) is 2.55. The molecule has 2 heterocycles. The van der Waals surface area contributed by atoms with Crippen molar-refractivity contribution in [2.45, 2.75) is 68.3 Å². The fourth-order valence-electron chi connectivity index (χ4n) is 3.32. The van der Waals surface area contributed by atoms with Crippen LogP contribution in [0.5, 0.6) is 0 Å². The molecule has 0 aromatic carbocycles. The van der Waals surface area contributed by atoms with Gasteiger partial charge in [0.05, 0.1) is 37.6 Å². The van der Waals surface area contributed by atoms with Gasteiger partial charge in [0, 0.05) is 5.92 Å². The van der Waals surface area contributed by atoms with Crippen LogP contribution in [-0.4, -0.2) is 104 Å². The highest BCUT2D eigenvalue weighted by Gasteiger charge is 2.48. The summed E-state index contributed by atoms with van der Waals surface area (Å²) in [7, 11) is 0. The summed E-state index contributed by atoms with van der Waals surface area (Å²) in [5.41, 5.74) is 0. The van der Waals surface area contributed by atoms with Gasteiger partial charge in [0.25, 0.3) is 0 Å². The zero-order valence-corrected chi connectivity index (χ0v) is 12.8. The maximum absolute atomic E-state index is 10.2. The Morgan fingerprint density at radius 2 is 1.22 bits per heavy atom. The smallest absolute Gasteiger partial charge is 0.111 e. The van der Waals surface area contributed by atoms with Gasteiger partial charge in [0.1, 0.15) is 30.5 Å². The number of aliphatic hydroxyl groups excluding tert-OH is 7. The van der Waals surface area contributed by atoms with Gasteiger partial charge in [-0.25, -0.2) is 0 Å². The van der Waals surface area contributed by atoms with E-state index in [-0.39, 0.29) is 6.42 Å². The van der Waals surface area contributed by atoms with Gasteiger partial charge < -0.3 is 45.2 Å². The first kappa shape index (κ1) is 19.0. The van der Waals surface area contributed by atoms with Gasteiger partial charge in [-0.05, 0) is 13.3 Å². The van der Waals surface area contributed by atoms with E-state index in [0.29, 0.717) is 0 Å². The first-order valence-electron chi connectivity index (χ1n) is 7.74. The second kappa shape index (κ2) is 7.68. The lowest BCUT2D eigenvalue weighted by Gasteiger charge is -2.45. The zero-order valence-electron chi connectivity index (χ0n) is 12.8. The lowest BCUT2D eigenvalue weighted by Crippen LogP contribution is -2.61. The standard InChI is InChI=1S/C14H26O9/c1-5-10(17)11(18)6(8(3-15)22-5)2-7-12(19)14(21)13(20)9(4-16)23-7/h5-21H,2-4H2,1H3/t5-,6+,7+,8?,9?,10?,11?,12?,13+,14?/m0/s1. The van der Waals surface area contributed by atoms with Crippen molar-refractivity contribution >= 4 is 0 Å². The van der Waals surface area contributed by atoms with Crippen LogP contribution in [-0.2, 0) is 9.47 Å². The molecule has 23 heavy (non-hydrogen) atoms. The highest BCUT2D eigenvalue weighted by Crippen LogP contribution is 2.33. The molecular formula is C14H26O9. The van der Waals surface area contributed by atoms with E-state index in [1.807, 2.05) is 0 Å². The van der Waals surface area contributed by atoms with Crippen molar-refractivity contribution in [3.8, 4) is 0 Å². The van der Waals surface area contributed by atoms with Crippen LogP contribution in [0.25, 0.3) is 0 Å². The van der Waals surface area contributed by atoms with Gasteiger partial charge in [-0.2, -0.15) is 0 Å².